The molecule has 0 N–H and O–H groups in total. The predicted molar refractivity (Wildman–Crippen MR) is 128 cm³/mol. The highest BCUT2D eigenvalue weighted by Gasteiger charge is 2.36. The Hall–Kier alpha value is -4.51. The lowest BCUT2D eigenvalue weighted by Gasteiger charge is -2.12. The summed E-state index contributed by atoms with van der Waals surface area (Å²) in [7, 11) is 0. The van der Waals surface area contributed by atoms with Crippen molar-refractivity contribution in [1.29, 1.82) is 0 Å². The van der Waals surface area contributed by atoms with Gasteiger partial charge >= 0.3 is 0 Å². The van der Waals surface area contributed by atoms with Crippen molar-refractivity contribution in [1.82, 2.24) is 4.90 Å². The Bertz CT molecular complexity index is 1360. The standard InChI is InChI=1S/C24H17N3O7S/c28-23-22(35-24(29)25(23)14-18-5-1-2-7-21(18)27(32)33)13-17-4-3-6-20(12-17)34-15-16-8-10-19(11-9-16)26(30)31/h1-13H,14-15H2/b22-13+. The van der Waals surface area contributed by atoms with Gasteiger partial charge in [0.15, 0.2) is 0 Å². The number of nitrogens with zero attached hydrogens (tertiary/aromatic N) is 3. The van der Waals surface area contributed by atoms with Gasteiger partial charge in [0.05, 0.1) is 21.3 Å². The predicted octanol–water partition coefficient (Wildman–Crippen LogP) is 5.32. The van der Waals surface area contributed by atoms with Gasteiger partial charge in [-0.05, 0) is 53.2 Å². The first-order valence-electron chi connectivity index (χ1n) is 10.3. The molecule has 0 saturated carbocycles. The molecule has 3 aromatic carbocycles. The summed E-state index contributed by atoms with van der Waals surface area (Å²) >= 11 is 0.763. The maximum Gasteiger partial charge on any atom is 0.293 e. The number of amides is 2. The van der Waals surface area contributed by atoms with Crippen LogP contribution in [0.3, 0.4) is 0 Å². The first kappa shape index (κ1) is 23.6. The van der Waals surface area contributed by atoms with Crippen LogP contribution >= 0.6 is 11.8 Å². The first-order valence-corrected chi connectivity index (χ1v) is 11.1. The summed E-state index contributed by atoms with van der Waals surface area (Å²) < 4.78 is 5.75. The summed E-state index contributed by atoms with van der Waals surface area (Å²) in [6.45, 7) is -0.00856. The Morgan fingerprint density at radius 2 is 1.66 bits per heavy atom. The van der Waals surface area contributed by atoms with E-state index in [1.165, 1.54) is 30.3 Å². The lowest BCUT2D eigenvalue weighted by Crippen LogP contribution is -2.27. The number of imide groups is 1. The fraction of sp³-hybridized carbons (Fsp3) is 0.0833. The highest BCUT2D eigenvalue weighted by molar-refractivity contribution is 8.18. The van der Waals surface area contributed by atoms with Crippen LogP contribution < -0.4 is 4.74 Å². The van der Waals surface area contributed by atoms with Gasteiger partial charge in [-0.2, -0.15) is 0 Å². The summed E-state index contributed by atoms with van der Waals surface area (Å²) in [5.41, 5.74) is 1.47. The highest BCUT2D eigenvalue weighted by atomic mass is 32.2. The van der Waals surface area contributed by atoms with Crippen LogP contribution in [0.5, 0.6) is 5.75 Å². The molecule has 0 bridgehead atoms. The number of ether oxygens (including phenoxy) is 1. The van der Waals surface area contributed by atoms with Gasteiger partial charge < -0.3 is 4.74 Å². The number of carbonyl (C=O) groups is 2. The minimum absolute atomic E-state index is 0.00781. The van der Waals surface area contributed by atoms with Gasteiger partial charge in [0.1, 0.15) is 12.4 Å². The second-order valence-electron chi connectivity index (χ2n) is 7.44. The molecular formula is C24H17N3O7S. The topological polar surface area (TPSA) is 133 Å². The molecule has 4 rings (SSSR count). The van der Waals surface area contributed by atoms with Crippen molar-refractivity contribution < 1.29 is 24.2 Å². The minimum Gasteiger partial charge on any atom is -0.489 e. The normalized spacial score (nSPS) is 14.4. The summed E-state index contributed by atoms with van der Waals surface area (Å²) in [4.78, 5) is 47.5. The van der Waals surface area contributed by atoms with Crippen LogP contribution in [-0.2, 0) is 17.9 Å². The van der Waals surface area contributed by atoms with E-state index in [1.54, 1.807) is 48.5 Å². The number of nitro benzene ring substituents is 2. The smallest absolute Gasteiger partial charge is 0.293 e. The number of benzene rings is 3. The molecule has 10 nitrogen and oxygen atoms in total. The van der Waals surface area contributed by atoms with Gasteiger partial charge in [0.2, 0.25) is 0 Å². The largest absolute Gasteiger partial charge is 0.489 e. The second-order valence-corrected chi connectivity index (χ2v) is 8.43. The minimum atomic E-state index is -0.549. The molecule has 1 saturated heterocycles. The number of nitro groups is 2. The van der Waals surface area contributed by atoms with Crippen molar-refractivity contribution in [3.63, 3.8) is 0 Å². The Kier molecular flexibility index (Phi) is 6.88. The summed E-state index contributed by atoms with van der Waals surface area (Å²) in [6, 6.07) is 18.9. The molecule has 1 fully saturated rings. The molecule has 0 radical (unpaired) electrons. The van der Waals surface area contributed by atoms with Gasteiger partial charge in [-0.15, -0.1) is 0 Å². The number of carbonyl (C=O) groups excluding carboxylic acids is 2. The molecule has 0 unspecified atom stereocenters. The number of rotatable bonds is 8. The van der Waals surface area contributed by atoms with Gasteiger partial charge in [0, 0.05) is 23.8 Å². The summed E-state index contributed by atoms with van der Waals surface area (Å²) in [5.74, 6) is -0.0217. The quantitative estimate of drug-likeness (QED) is 0.235. The van der Waals surface area contributed by atoms with Crippen molar-refractivity contribution in [2.45, 2.75) is 13.2 Å². The third-order valence-corrected chi connectivity index (χ3v) is 6.01. The van der Waals surface area contributed by atoms with Crippen LogP contribution in [0.15, 0.2) is 77.7 Å². The van der Waals surface area contributed by atoms with Crippen LogP contribution in [0.1, 0.15) is 16.7 Å². The van der Waals surface area contributed by atoms with Gasteiger partial charge in [-0.25, -0.2) is 0 Å². The molecule has 176 valence electrons. The average molecular weight is 491 g/mol. The molecule has 3 aromatic rings. The van der Waals surface area contributed by atoms with Crippen molar-refractivity contribution in [2.24, 2.45) is 0 Å². The van der Waals surface area contributed by atoms with E-state index in [0.717, 1.165) is 22.2 Å². The molecule has 0 atom stereocenters. The zero-order chi connectivity index (χ0) is 24.9. The van der Waals surface area contributed by atoms with Gasteiger partial charge in [0.25, 0.3) is 22.5 Å². The number of hydrogen-bond donors (Lipinski definition) is 0. The van der Waals surface area contributed by atoms with Crippen molar-refractivity contribution >= 4 is 40.4 Å². The zero-order valence-corrected chi connectivity index (χ0v) is 18.8. The van der Waals surface area contributed by atoms with E-state index in [2.05, 4.69) is 0 Å². The number of non-ortho nitro benzene ring substituents is 1. The molecule has 11 heteroatoms. The molecule has 0 aromatic heterocycles. The molecule has 1 aliphatic heterocycles. The third-order valence-electron chi connectivity index (χ3n) is 5.10. The highest BCUT2D eigenvalue weighted by Crippen LogP contribution is 2.34. The van der Waals surface area contributed by atoms with E-state index in [4.69, 9.17) is 4.74 Å². The van der Waals surface area contributed by atoms with Crippen LogP contribution in [0.2, 0.25) is 0 Å². The number of thioether (sulfide) groups is 1. The average Bonchev–Trinajstić information content (AvgIpc) is 3.10. The number of hydrogen-bond acceptors (Lipinski definition) is 8. The molecule has 0 spiro atoms. The van der Waals surface area contributed by atoms with E-state index in [0.29, 0.717) is 11.3 Å². The number of para-hydroxylation sites is 1. The van der Waals surface area contributed by atoms with E-state index in [9.17, 15) is 29.8 Å². The molecular weight excluding hydrogens is 474 g/mol. The van der Waals surface area contributed by atoms with Crippen molar-refractivity contribution in [2.75, 3.05) is 0 Å². The Labute approximate surface area is 203 Å². The van der Waals surface area contributed by atoms with Gasteiger partial charge in [-0.1, -0.05) is 30.3 Å². The zero-order valence-electron chi connectivity index (χ0n) is 18.0. The third kappa shape index (κ3) is 5.53. The Morgan fingerprint density at radius 1 is 0.914 bits per heavy atom. The van der Waals surface area contributed by atoms with Crippen LogP contribution in [0.25, 0.3) is 6.08 Å². The molecule has 35 heavy (non-hydrogen) atoms. The maximum atomic E-state index is 12.8. The van der Waals surface area contributed by atoms with Gasteiger partial charge in [-0.3, -0.25) is 34.7 Å². The lowest BCUT2D eigenvalue weighted by molar-refractivity contribution is -0.385. The Morgan fingerprint density at radius 3 is 2.37 bits per heavy atom. The Balaban J connectivity index is 1.45. The summed E-state index contributed by atoms with van der Waals surface area (Å²) in [6.07, 6.45) is 1.56. The maximum absolute atomic E-state index is 12.8. The lowest BCUT2D eigenvalue weighted by atomic mass is 10.1. The molecule has 2 amide bonds. The first-order chi connectivity index (χ1) is 16.8. The van der Waals surface area contributed by atoms with E-state index >= 15 is 0 Å². The van der Waals surface area contributed by atoms with Crippen molar-refractivity contribution in [3.05, 3.63) is 115 Å². The van der Waals surface area contributed by atoms with Crippen LogP contribution in [0, 0.1) is 20.2 Å². The van der Waals surface area contributed by atoms with Crippen LogP contribution in [0.4, 0.5) is 16.2 Å². The summed E-state index contributed by atoms with van der Waals surface area (Å²) in [5, 5.41) is 21.5. The fourth-order valence-electron chi connectivity index (χ4n) is 3.36. The molecule has 0 aliphatic carbocycles. The monoisotopic (exact) mass is 491 g/mol. The van der Waals surface area contributed by atoms with E-state index in [-0.39, 0.29) is 35.0 Å². The SMILES string of the molecule is O=C1S/C(=C/c2cccc(OCc3ccc([N+](=O)[O-])cc3)c2)C(=O)N1Cc1ccccc1[N+](=O)[O-]. The second kappa shape index (κ2) is 10.2. The van der Waals surface area contributed by atoms with Crippen LogP contribution in [-0.4, -0.2) is 25.9 Å². The fourth-order valence-corrected chi connectivity index (χ4v) is 4.19. The van der Waals surface area contributed by atoms with E-state index in [1.807, 2.05) is 0 Å². The van der Waals surface area contributed by atoms with Crippen molar-refractivity contribution in [3.8, 4) is 5.75 Å². The molecule has 1 aliphatic rings. The van der Waals surface area contributed by atoms with E-state index < -0.39 is 21.0 Å². The molecule has 1 heterocycles.